The van der Waals surface area contributed by atoms with Gasteiger partial charge in [0.05, 0.1) is 11.1 Å². The maximum absolute atomic E-state index is 12.9. The lowest BCUT2D eigenvalue weighted by Crippen LogP contribution is -2.41. The first-order chi connectivity index (χ1) is 10.7. The molecule has 3 aliphatic heterocycles. The molecular weight excluding hydrogens is 300 g/mol. The van der Waals surface area contributed by atoms with E-state index < -0.39 is 0 Å². The maximum Gasteiger partial charge on any atom is 0.251 e. The summed E-state index contributed by atoms with van der Waals surface area (Å²) in [6, 6.07) is 1.99. The zero-order chi connectivity index (χ0) is 15.2. The maximum atomic E-state index is 12.9. The number of amides is 2. The summed E-state index contributed by atoms with van der Waals surface area (Å²) >= 11 is 1.61. The molecule has 22 heavy (non-hydrogen) atoms. The van der Waals surface area contributed by atoms with Crippen molar-refractivity contribution in [2.75, 3.05) is 31.1 Å². The van der Waals surface area contributed by atoms with Gasteiger partial charge < -0.3 is 14.5 Å². The fraction of sp³-hybridized carbons (Fsp3) is 0.625. The van der Waals surface area contributed by atoms with E-state index in [0.29, 0.717) is 19.7 Å². The molecule has 3 fully saturated rings. The molecule has 0 N–H and O–H groups in total. The lowest BCUT2D eigenvalue weighted by molar-refractivity contribution is -0.140. The monoisotopic (exact) mass is 320 g/mol. The summed E-state index contributed by atoms with van der Waals surface area (Å²) in [6.45, 7) is 2.69. The molecular formula is C16H20N2O3S. The standard InChI is InChI=1S/C16H20N2O3S/c19-14(13-2-1-8-21-13)17-6-4-16(11-17)5-7-18(15(16)20)12-3-9-22-10-12/h3,9-10,13H,1-2,4-8,11H2/t13-,16?/m0/s1. The summed E-state index contributed by atoms with van der Waals surface area (Å²) in [5.41, 5.74) is 0.631. The summed E-state index contributed by atoms with van der Waals surface area (Å²) in [6.07, 6.45) is 3.12. The second kappa shape index (κ2) is 5.35. The van der Waals surface area contributed by atoms with Crippen LogP contribution in [0.3, 0.4) is 0 Å². The average Bonchev–Trinajstić information content (AvgIpc) is 3.28. The van der Waals surface area contributed by atoms with E-state index in [1.54, 1.807) is 11.3 Å². The number of hydrogen-bond acceptors (Lipinski definition) is 4. The van der Waals surface area contributed by atoms with Crippen molar-refractivity contribution in [1.82, 2.24) is 4.90 Å². The van der Waals surface area contributed by atoms with Crippen molar-refractivity contribution in [2.45, 2.75) is 31.8 Å². The topological polar surface area (TPSA) is 49.9 Å². The van der Waals surface area contributed by atoms with Crippen molar-refractivity contribution in [3.63, 3.8) is 0 Å². The van der Waals surface area contributed by atoms with Gasteiger partial charge in [0.1, 0.15) is 6.10 Å². The molecule has 2 amide bonds. The van der Waals surface area contributed by atoms with Crippen molar-refractivity contribution >= 4 is 28.8 Å². The molecule has 0 radical (unpaired) electrons. The number of carbonyl (C=O) groups is 2. The van der Waals surface area contributed by atoms with Crippen LogP contribution in [-0.2, 0) is 14.3 Å². The Labute approximate surface area is 133 Å². The summed E-state index contributed by atoms with van der Waals surface area (Å²) in [4.78, 5) is 29.1. The van der Waals surface area contributed by atoms with Gasteiger partial charge in [0.15, 0.2) is 0 Å². The zero-order valence-electron chi connectivity index (χ0n) is 12.5. The van der Waals surface area contributed by atoms with Gasteiger partial charge in [0, 0.05) is 31.6 Å². The Hall–Kier alpha value is -1.40. The number of thiophene rings is 1. The minimum absolute atomic E-state index is 0.0798. The summed E-state index contributed by atoms with van der Waals surface area (Å²) in [5.74, 6) is 0.268. The predicted molar refractivity (Wildman–Crippen MR) is 83.9 cm³/mol. The van der Waals surface area contributed by atoms with Gasteiger partial charge in [-0.2, -0.15) is 11.3 Å². The number of rotatable bonds is 2. The first-order valence-corrected chi connectivity index (χ1v) is 8.88. The Bertz CT molecular complexity index is 582. The van der Waals surface area contributed by atoms with Crippen LogP contribution < -0.4 is 4.90 Å². The minimum atomic E-state index is -0.365. The second-order valence-corrected chi connectivity index (χ2v) is 7.26. The minimum Gasteiger partial charge on any atom is -0.368 e. The molecule has 2 atom stereocenters. The molecule has 0 bridgehead atoms. The molecule has 4 heterocycles. The Kier molecular flexibility index (Phi) is 3.46. The number of ether oxygens (including phenoxy) is 1. The van der Waals surface area contributed by atoms with Crippen molar-refractivity contribution in [3.05, 3.63) is 16.8 Å². The Balaban J connectivity index is 1.47. The average molecular weight is 320 g/mol. The zero-order valence-corrected chi connectivity index (χ0v) is 13.3. The SMILES string of the molecule is O=C([C@@H]1CCCO1)N1CCC2(CCN(c3ccsc3)C2=O)C1. The summed E-state index contributed by atoms with van der Waals surface area (Å²) < 4.78 is 5.50. The highest BCUT2D eigenvalue weighted by Gasteiger charge is 2.52. The number of nitrogens with zero attached hydrogens (tertiary/aromatic N) is 2. The van der Waals surface area contributed by atoms with Crippen molar-refractivity contribution in [3.8, 4) is 0 Å². The molecule has 3 saturated heterocycles. The fourth-order valence-corrected chi connectivity index (χ4v) is 4.53. The molecule has 4 rings (SSSR count). The molecule has 5 nitrogen and oxygen atoms in total. The smallest absolute Gasteiger partial charge is 0.251 e. The van der Waals surface area contributed by atoms with E-state index in [-0.39, 0.29) is 23.3 Å². The van der Waals surface area contributed by atoms with Gasteiger partial charge in [-0.15, -0.1) is 0 Å². The molecule has 1 unspecified atom stereocenters. The highest BCUT2D eigenvalue weighted by Crippen LogP contribution is 2.43. The van der Waals surface area contributed by atoms with E-state index in [1.807, 2.05) is 26.6 Å². The first kappa shape index (κ1) is 14.2. The Morgan fingerprint density at radius 2 is 2.23 bits per heavy atom. The highest BCUT2D eigenvalue weighted by molar-refractivity contribution is 7.08. The molecule has 3 aliphatic rings. The van der Waals surface area contributed by atoms with Crippen LogP contribution >= 0.6 is 11.3 Å². The van der Waals surface area contributed by atoms with E-state index in [9.17, 15) is 9.59 Å². The van der Waals surface area contributed by atoms with Crippen molar-refractivity contribution < 1.29 is 14.3 Å². The van der Waals surface area contributed by atoms with Gasteiger partial charge in [-0.1, -0.05) is 0 Å². The third kappa shape index (κ3) is 2.16. The van der Waals surface area contributed by atoms with Crippen LogP contribution in [0.4, 0.5) is 5.69 Å². The van der Waals surface area contributed by atoms with Crippen LogP contribution in [0, 0.1) is 5.41 Å². The molecule has 0 aromatic carbocycles. The van der Waals surface area contributed by atoms with Crippen LogP contribution in [-0.4, -0.2) is 49.1 Å². The van der Waals surface area contributed by atoms with Gasteiger partial charge in [-0.3, -0.25) is 9.59 Å². The fourth-order valence-electron chi connectivity index (χ4n) is 3.89. The molecule has 6 heteroatoms. The van der Waals surface area contributed by atoms with Crippen LogP contribution in [0.1, 0.15) is 25.7 Å². The van der Waals surface area contributed by atoms with Gasteiger partial charge in [-0.05, 0) is 37.1 Å². The van der Waals surface area contributed by atoms with Gasteiger partial charge in [-0.25, -0.2) is 0 Å². The number of hydrogen-bond donors (Lipinski definition) is 0. The summed E-state index contributed by atoms with van der Waals surface area (Å²) in [7, 11) is 0. The largest absolute Gasteiger partial charge is 0.368 e. The van der Waals surface area contributed by atoms with Crippen LogP contribution in [0.15, 0.2) is 16.8 Å². The molecule has 1 aromatic heterocycles. The predicted octanol–water partition coefficient (Wildman–Crippen LogP) is 1.88. The molecule has 0 saturated carbocycles. The van der Waals surface area contributed by atoms with Gasteiger partial charge >= 0.3 is 0 Å². The van der Waals surface area contributed by atoms with E-state index in [0.717, 1.165) is 37.9 Å². The Morgan fingerprint density at radius 3 is 2.95 bits per heavy atom. The lowest BCUT2D eigenvalue weighted by atomic mass is 9.85. The van der Waals surface area contributed by atoms with Crippen LogP contribution in [0.2, 0.25) is 0 Å². The number of carbonyl (C=O) groups excluding carboxylic acids is 2. The van der Waals surface area contributed by atoms with E-state index in [1.165, 1.54) is 0 Å². The third-order valence-electron chi connectivity index (χ3n) is 5.20. The molecule has 118 valence electrons. The third-order valence-corrected chi connectivity index (χ3v) is 5.87. The number of likely N-dealkylation sites (tertiary alicyclic amines) is 1. The molecule has 1 aromatic rings. The van der Waals surface area contributed by atoms with Gasteiger partial charge in [0.25, 0.3) is 5.91 Å². The normalized spacial score (nSPS) is 31.6. The lowest BCUT2D eigenvalue weighted by Gasteiger charge is -2.24. The van der Waals surface area contributed by atoms with Gasteiger partial charge in [0.2, 0.25) is 5.91 Å². The van der Waals surface area contributed by atoms with E-state index in [2.05, 4.69) is 0 Å². The number of anilines is 1. The second-order valence-electron chi connectivity index (χ2n) is 6.48. The van der Waals surface area contributed by atoms with Crippen LogP contribution in [0.25, 0.3) is 0 Å². The molecule has 0 aliphatic carbocycles. The first-order valence-electron chi connectivity index (χ1n) is 7.94. The van der Waals surface area contributed by atoms with Crippen molar-refractivity contribution in [2.24, 2.45) is 5.41 Å². The van der Waals surface area contributed by atoms with Crippen molar-refractivity contribution in [1.29, 1.82) is 0 Å². The molecule has 1 spiro atoms. The van der Waals surface area contributed by atoms with Crippen LogP contribution in [0.5, 0.6) is 0 Å². The Morgan fingerprint density at radius 1 is 1.36 bits per heavy atom. The quantitative estimate of drug-likeness (QED) is 0.836. The van der Waals surface area contributed by atoms with E-state index in [4.69, 9.17) is 4.74 Å². The van der Waals surface area contributed by atoms with E-state index >= 15 is 0 Å². The highest BCUT2D eigenvalue weighted by atomic mass is 32.1. The summed E-state index contributed by atoms with van der Waals surface area (Å²) in [5, 5.41) is 4.01.